The molecule has 3 aromatic rings. The van der Waals surface area contributed by atoms with E-state index in [0.717, 1.165) is 32.7 Å². The van der Waals surface area contributed by atoms with Crippen LogP contribution in [-0.2, 0) is 11.1 Å². The predicted octanol–water partition coefficient (Wildman–Crippen LogP) is 1.83. The van der Waals surface area contributed by atoms with Crippen LogP contribution in [0, 0.1) is 0 Å². The van der Waals surface area contributed by atoms with Crippen molar-refractivity contribution in [2.24, 2.45) is 11.5 Å². The second-order valence-electron chi connectivity index (χ2n) is 8.05. The van der Waals surface area contributed by atoms with Gasteiger partial charge in [-0.25, -0.2) is 0 Å². The second kappa shape index (κ2) is 9.39. The maximum Gasteiger partial charge on any atom is 0.0465 e. The monoisotopic (exact) mass is 412 g/mol. The van der Waals surface area contributed by atoms with Crippen LogP contribution in [0.1, 0.15) is 36.8 Å². The maximum absolute atomic E-state index is 9.72. The maximum atomic E-state index is 9.72. The quantitative estimate of drug-likeness (QED) is 0.282. The van der Waals surface area contributed by atoms with E-state index in [1.54, 1.807) is 0 Å². The number of hydrogen-bond donors (Lipinski definition) is 6. The van der Waals surface area contributed by atoms with Crippen molar-refractivity contribution in [3.05, 3.63) is 59.7 Å². The predicted molar refractivity (Wildman–Crippen MR) is 120 cm³/mol. The zero-order valence-corrected chi connectivity index (χ0v) is 17.2. The summed E-state index contributed by atoms with van der Waals surface area (Å²) in [4.78, 5) is 0. The van der Waals surface area contributed by atoms with Crippen LogP contribution in [0.5, 0.6) is 0 Å². The molecule has 0 atom stereocenters. The number of benzene rings is 3. The zero-order valence-electron chi connectivity index (χ0n) is 17.2. The van der Waals surface area contributed by atoms with Crippen molar-refractivity contribution in [2.45, 2.75) is 36.8 Å². The molecular weight excluding hydrogens is 380 g/mol. The van der Waals surface area contributed by atoms with Crippen molar-refractivity contribution in [3.8, 4) is 0 Å². The lowest BCUT2D eigenvalue weighted by molar-refractivity contribution is 0.193. The van der Waals surface area contributed by atoms with Crippen LogP contribution < -0.4 is 11.5 Å². The number of aliphatic hydroxyl groups excluding tert-OH is 4. The fourth-order valence-electron chi connectivity index (χ4n) is 4.75. The van der Waals surface area contributed by atoms with Gasteiger partial charge in [0.05, 0.1) is 0 Å². The highest BCUT2D eigenvalue weighted by molar-refractivity contribution is 6.07. The Morgan fingerprint density at radius 1 is 0.500 bits per heavy atom. The SMILES string of the molecule is NC(CCO)(CCO)c1c2ccccc2c(C(N)(CCO)CCO)c2ccccc12. The van der Waals surface area contributed by atoms with E-state index in [1.807, 2.05) is 48.5 Å². The van der Waals surface area contributed by atoms with E-state index < -0.39 is 11.1 Å². The molecule has 0 aliphatic rings. The van der Waals surface area contributed by atoms with Gasteiger partial charge in [-0.3, -0.25) is 0 Å². The third-order valence-corrected chi connectivity index (χ3v) is 6.16. The number of fused-ring (bicyclic) bond motifs is 2. The highest BCUT2D eigenvalue weighted by Gasteiger charge is 2.35. The van der Waals surface area contributed by atoms with Crippen LogP contribution in [0.2, 0.25) is 0 Å². The van der Waals surface area contributed by atoms with Crippen LogP contribution in [-0.4, -0.2) is 46.9 Å². The molecule has 0 fully saturated rings. The molecule has 0 aliphatic carbocycles. The number of aliphatic hydroxyl groups is 4. The molecule has 0 aliphatic heterocycles. The standard InChI is InChI=1S/C24H32N2O4/c25-23(9-13-27,10-14-28)21-17-5-1-2-6-18(17)22(20-8-4-3-7-19(20)21)24(26,11-15-29)12-16-30/h1-8,27-30H,9-16,25-26H2. The Morgan fingerprint density at radius 2 is 0.733 bits per heavy atom. The first-order chi connectivity index (χ1) is 14.5. The van der Waals surface area contributed by atoms with Crippen molar-refractivity contribution in [1.82, 2.24) is 0 Å². The van der Waals surface area contributed by atoms with Crippen LogP contribution in [0.3, 0.4) is 0 Å². The average Bonchev–Trinajstić information content (AvgIpc) is 2.72. The first-order valence-corrected chi connectivity index (χ1v) is 10.4. The molecule has 0 heterocycles. The summed E-state index contributed by atoms with van der Waals surface area (Å²) in [7, 11) is 0. The minimum atomic E-state index is -0.924. The summed E-state index contributed by atoms with van der Waals surface area (Å²) < 4.78 is 0. The van der Waals surface area contributed by atoms with E-state index in [0.29, 0.717) is 25.7 Å². The van der Waals surface area contributed by atoms with Gasteiger partial charge < -0.3 is 31.9 Å². The first kappa shape index (κ1) is 22.6. The van der Waals surface area contributed by atoms with Gasteiger partial charge in [0.25, 0.3) is 0 Å². The number of hydrogen-bond acceptors (Lipinski definition) is 6. The van der Waals surface area contributed by atoms with E-state index in [1.165, 1.54) is 0 Å². The molecule has 0 saturated heterocycles. The largest absolute Gasteiger partial charge is 0.396 e. The third-order valence-electron chi connectivity index (χ3n) is 6.16. The normalized spacial score (nSPS) is 12.7. The highest BCUT2D eigenvalue weighted by Crippen LogP contribution is 2.44. The number of nitrogens with two attached hydrogens (primary N) is 2. The molecule has 0 aromatic heterocycles. The van der Waals surface area contributed by atoms with Crippen LogP contribution in [0.25, 0.3) is 21.5 Å². The Labute approximate surface area is 176 Å². The molecule has 0 spiro atoms. The molecule has 6 heteroatoms. The lowest BCUT2D eigenvalue weighted by atomic mass is 9.73. The number of rotatable bonds is 10. The second-order valence-corrected chi connectivity index (χ2v) is 8.05. The van der Waals surface area contributed by atoms with E-state index in [-0.39, 0.29) is 26.4 Å². The minimum Gasteiger partial charge on any atom is -0.396 e. The Bertz CT molecular complexity index is 856. The summed E-state index contributed by atoms with van der Waals surface area (Å²) in [5.41, 5.74) is 13.5. The average molecular weight is 413 g/mol. The van der Waals surface area contributed by atoms with Gasteiger partial charge in [0, 0.05) is 37.5 Å². The molecule has 0 unspecified atom stereocenters. The molecular formula is C24H32N2O4. The fourth-order valence-corrected chi connectivity index (χ4v) is 4.75. The Balaban J connectivity index is 2.50. The lowest BCUT2D eigenvalue weighted by Gasteiger charge is -2.36. The topological polar surface area (TPSA) is 133 Å². The van der Waals surface area contributed by atoms with Gasteiger partial charge in [-0.05, 0) is 58.4 Å². The van der Waals surface area contributed by atoms with Crippen molar-refractivity contribution >= 4 is 21.5 Å². The van der Waals surface area contributed by atoms with Crippen molar-refractivity contribution in [2.75, 3.05) is 26.4 Å². The van der Waals surface area contributed by atoms with E-state index >= 15 is 0 Å². The van der Waals surface area contributed by atoms with Crippen molar-refractivity contribution < 1.29 is 20.4 Å². The van der Waals surface area contributed by atoms with Crippen molar-refractivity contribution in [1.29, 1.82) is 0 Å². The Kier molecular flexibility index (Phi) is 7.08. The first-order valence-electron chi connectivity index (χ1n) is 10.4. The molecule has 3 aromatic carbocycles. The summed E-state index contributed by atoms with van der Waals surface area (Å²) in [6, 6.07) is 15.6. The van der Waals surface area contributed by atoms with Crippen molar-refractivity contribution in [3.63, 3.8) is 0 Å². The van der Waals surface area contributed by atoms with Gasteiger partial charge in [0.1, 0.15) is 0 Å². The van der Waals surface area contributed by atoms with E-state index in [2.05, 4.69) is 0 Å². The highest BCUT2D eigenvalue weighted by atomic mass is 16.3. The molecule has 30 heavy (non-hydrogen) atoms. The third kappa shape index (κ3) is 3.95. The summed E-state index contributed by atoms with van der Waals surface area (Å²) in [6.45, 7) is -0.402. The minimum absolute atomic E-state index is 0.100. The molecule has 3 rings (SSSR count). The summed E-state index contributed by atoms with van der Waals surface area (Å²) >= 11 is 0. The molecule has 0 amide bonds. The van der Waals surface area contributed by atoms with Gasteiger partial charge in [0.2, 0.25) is 0 Å². The van der Waals surface area contributed by atoms with Gasteiger partial charge in [0.15, 0.2) is 0 Å². The Morgan fingerprint density at radius 3 is 0.933 bits per heavy atom. The van der Waals surface area contributed by atoms with E-state index in [9.17, 15) is 20.4 Å². The zero-order chi connectivity index (χ0) is 21.8. The van der Waals surface area contributed by atoms with E-state index in [4.69, 9.17) is 11.5 Å². The van der Waals surface area contributed by atoms with Crippen LogP contribution in [0.15, 0.2) is 48.5 Å². The fraction of sp³-hybridized carbons (Fsp3) is 0.417. The Hall–Kier alpha value is -2.06. The molecule has 0 radical (unpaired) electrons. The van der Waals surface area contributed by atoms with Crippen LogP contribution >= 0.6 is 0 Å². The summed E-state index contributed by atoms with van der Waals surface area (Å²) in [6.07, 6.45) is 1.23. The summed E-state index contributed by atoms with van der Waals surface area (Å²) in [5.74, 6) is 0. The molecule has 0 saturated carbocycles. The van der Waals surface area contributed by atoms with Gasteiger partial charge in [-0.2, -0.15) is 0 Å². The van der Waals surface area contributed by atoms with Gasteiger partial charge >= 0.3 is 0 Å². The molecule has 6 nitrogen and oxygen atoms in total. The van der Waals surface area contributed by atoms with Crippen LogP contribution in [0.4, 0.5) is 0 Å². The molecule has 8 N–H and O–H groups in total. The smallest absolute Gasteiger partial charge is 0.0465 e. The molecule has 0 bridgehead atoms. The van der Waals surface area contributed by atoms with Gasteiger partial charge in [-0.15, -0.1) is 0 Å². The molecule has 162 valence electrons. The van der Waals surface area contributed by atoms with Gasteiger partial charge in [-0.1, -0.05) is 48.5 Å². The lowest BCUT2D eigenvalue weighted by Crippen LogP contribution is -2.41. The summed E-state index contributed by atoms with van der Waals surface area (Å²) in [5, 5.41) is 42.5.